The molecule has 0 unspecified atom stereocenters. The van der Waals surface area contributed by atoms with Gasteiger partial charge in [0.05, 0.1) is 5.02 Å². The molecule has 0 atom stereocenters. The fourth-order valence-electron chi connectivity index (χ4n) is 2.53. The maximum atomic E-state index is 13.1. The van der Waals surface area contributed by atoms with Gasteiger partial charge < -0.3 is 10.2 Å². The summed E-state index contributed by atoms with van der Waals surface area (Å²) < 4.78 is 13.1. The predicted molar refractivity (Wildman–Crippen MR) is 78.0 cm³/mol. The third-order valence-corrected chi connectivity index (χ3v) is 4.13. The van der Waals surface area contributed by atoms with Crippen molar-refractivity contribution < 1.29 is 4.39 Å². The minimum atomic E-state index is -0.351. The van der Waals surface area contributed by atoms with Gasteiger partial charge >= 0.3 is 0 Å². The minimum absolute atomic E-state index is 0.203. The Morgan fingerprint density at radius 1 is 1.37 bits per heavy atom. The smallest absolute Gasteiger partial charge is 0.141 e. The van der Waals surface area contributed by atoms with Crippen LogP contribution in [0.3, 0.4) is 0 Å². The third-order valence-electron chi connectivity index (χ3n) is 3.84. The number of hydrogen-bond acceptors (Lipinski definition) is 2. The molecule has 19 heavy (non-hydrogen) atoms. The van der Waals surface area contributed by atoms with Gasteiger partial charge in [0.25, 0.3) is 0 Å². The Balaban J connectivity index is 1.79. The van der Waals surface area contributed by atoms with Gasteiger partial charge in [0, 0.05) is 18.6 Å². The highest BCUT2D eigenvalue weighted by atomic mass is 35.5. The Kier molecular flexibility index (Phi) is 5.20. The van der Waals surface area contributed by atoms with E-state index in [4.69, 9.17) is 11.6 Å². The second kappa shape index (κ2) is 6.69. The van der Waals surface area contributed by atoms with Crippen LogP contribution in [0.15, 0.2) is 18.2 Å². The average Bonchev–Trinajstić information content (AvgIpc) is 2.40. The van der Waals surface area contributed by atoms with Gasteiger partial charge in [-0.05, 0) is 57.5 Å². The Morgan fingerprint density at radius 2 is 2.05 bits per heavy atom. The molecular weight excluding hydrogens is 263 g/mol. The fraction of sp³-hybridized carbons (Fsp3) is 0.600. The van der Waals surface area contributed by atoms with Crippen LogP contribution in [-0.2, 0) is 6.54 Å². The summed E-state index contributed by atoms with van der Waals surface area (Å²) >= 11 is 5.78. The zero-order valence-electron chi connectivity index (χ0n) is 11.6. The lowest BCUT2D eigenvalue weighted by Crippen LogP contribution is -2.44. The van der Waals surface area contributed by atoms with E-state index >= 15 is 0 Å². The van der Waals surface area contributed by atoms with Crippen molar-refractivity contribution >= 4 is 11.6 Å². The van der Waals surface area contributed by atoms with E-state index in [-0.39, 0.29) is 10.8 Å². The van der Waals surface area contributed by atoms with Crippen LogP contribution < -0.4 is 5.32 Å². The summed E-state index contributed by atoms with van der Waals surface area (Å²) in [5, 5.41) is 3.74. The average molecular weight is 285 g/mol. The zero-order chi connectivity index (χ0) is 13.8. The molecule has 0 amide bonds. The summed E-state index contributed by atoms with van der Waals surface area (Å²) in [4.78, 5) is 2.51. The highest BCUT2D eigenvalue weighted by Gasteiger charge is 2.20. The molecule has 0 aliphatic carbocycles. The van der Waals surface area contributed by atoms with Gasteiger partial charge in [-0.3, -0.25) is 0 Å². The summed E-state index contributed by atoms with van der Waals surface area (Å²) in [5.74, 6) is -0.351. The van der Waals surface area contributed by atoms with Crippen LogP contribution in [0, 0.1) is 5.82 Å². The molecule has 2 nitrogen and oxygen atoms in total. The standard InChI is InChI=1S/C15H22ClFN2/c1-11(2)19-7-5-13(6-8-19)18-10-12-3-4-15(17)14(16)9-12/h3-4,9,11,13,18H,5-8,10H2,1-2H3. The SMILES string of the molecule is CC(C)N1CCC(NCc2ccc(F)c(Cl)c2)CC1. The molecule has 1 aromatic carbocycles. The maximum Gasteiger partial charge on any atom is 0.141 e. The molecule has 1 aliphatic rings. The van der Waals surface area contributed by atoms with E-state index in [2.05, 4.69) is 24.1 Å². The lowest BCUT2D eigenvalue weighted by molar-refractivity contribution is 0.161. The molecule has 0 radical (unpaired) electrons. The van der Waals surface area contributed by atoms with E-state index in [1.165, 1.54) is 18.9 Å². The van der Waals surface area contributed by atoms with Crippen molar-refractivity contribution in [2.45, 2.75) is 45.3 Å². The number of hydrogen-bond donors (Lipinski definition) is 1. The monoisotopic (exact) mass is 284 g/mol. The van der Waals surface area contributed by atoms with Crippen molar-refractivity contribution in [1.29, 1.82) is 0 Å². The molecule has 1 heterocycles. The topological polar surface area (TPSA) is 15.3 Å². The molecule has 1 aliphatic heterocycles. The summed E-state index contributed by atoms with van der Waals surface area (Å²) in [6.07, 6.45) is 2.35. The van der Waals surface area contributed by atoms with Crippen LogP contribution in [0.4, 0.5) is 4.39 Å². The Labute approximate surface area is 119 Å². The minimum Gasteiger partial charge on any atom is -0.310 e. The molecule has 0 spiro atoms. The molecule has 0 saturated carbocycles. The number of piperidine rings is 1. The first-order valence-corrected chi connectivity index (χ1v) is 7.35. The molecule has 1 saturated heterocycles. The molecule has 2 rings (SSSR count). The third kappa shape index (κ3) is 4.16. The van der Waals surface area contributed by atoms with Gasteiger partial charge in [-0.2, -0.15) is 0 Å². The van der Waals surface area contributed by atoms with Gasteiger partial charge in [-0.1, -0.05) is 17.7 Å². The first kappa shape index (κ1) is 14.8. The van der Waals surface area contributed by atoms with E-state index in [9.17, 15) is 4.39 Å². The van der Waals surface area contributed by atoms with Gasteiger partial charge in [0.2, 0.25) is 0 Å². The van der Waals surface area contributed by atoms with Crippen molar-refractivity contribution in [1.82, 2.24) is 10.2 Å². The van der Waals surface area contributed by atoms with Crippen molar-refractivity contribution in [3.05, 3.63) is 34.6 Å². The molecule has 0 aromatic heterocycles. The Hall–Kier alpha value is -0.640. The molecule has 1 fully saturated rings. The van der Waals surface area contributed by atoms with Crippen molar-refractivity contribution in [3.8, 4) is 0 Å². The van der Waals surface area contributed by atoms with Gasteiger partial charge in [0.1, 0.15) is 5.82 Å². The van der Waals surface area contributed by atoms with E-state index in [1.807, 2.05) is 0 Å². The molecule has 1 N–H and O–H groups in total. The Bertz CT molecular complexity index is 415. The lowest BCUT2D eigenvalue weighted by Gasteiger charge is -2.35. The fourth-order valence-corrected chi connectivity index (χ4v) is 2.73. The Morgan fingerprint density at radius 3 is 2.63 bits per heavy atom. The molecular formula is C15H22ClFN2. The highest BCUT2D eigenvalue weighted by Crippen LogP contribution is 2.17. The molecule has 4 heteroatoms. The summed E-state index contributed by atoms with van der Waals surface area (Å²) in [5.41, 5.74) is 1.04. The van der Waals surface area contributed by atoms with Crippen LogP contribution in [-0.4, -0.2) is 30.1 Å². The van der Waals surface area contributed by atoms with Gasteiger partial charge in [-0.25, -0.2) is 4.39 Å². The highest BCUT2D eigenvalue weighted by molar-refractivity contribution is 6.30. The van der Waals surface area contributed by atoms with Crippen molar-refractivity contribution in [2.75, 3.05) is 13.1 Å². The van der Waals surface area contributed by atoms with E-state index in [0.717, 1.165) is 25.2 Å². The first-order valence-electron chi connectivity index (χ1n) is 6.97. The number of nitrogens with one attached hydrogen (secondary N) is 1. The van der Waals surface area contributed by atoms with E-state index in [0.29, 0.717) is 12.1 Å². The summed E-state index contributed by atoms with van der Waals surface area (Å²) in [6, 6.07) is 6.11. The van der Waals surface area contributed by atoms with Crippen LogP contribution in [0.25, 0.3) is 0 Å². The number of nitrogens with zero attached hydrogens (tertiary/aromatic N) is 1. The van der Waals surface area contributed by atoms with Gasteiger partial charge in [0.15, 0.2) is 0 Å². The number of likely N-dealkylation sites (tertiary alicyclic amines) is 1. The largest absolute Gasteiger partial charge is 0.310 e. The summed E-state index contributed by atoms with van der Waals surface area (Å²) in [7, 11) is 0. The van der Waals surface area contributed by atoms with Gasteiger partial charge in [-0.15, -0.1) is 0 Å². The van der Waals surface area contributed by atoms with Crippen LogP contribution in [0.2, 0.25) is 5.02 Å². The quantitative estimate of drug-likeness (QED) is 0.911. The van der Waals surface area contributed by atoms with Crippen LogP contribution >= 0.6 is 11.6 Å². The summed E-state index contributed by atoms with van der Waals surface area (Å²) in [6.45, 7) is 7.55. The van der Waals surface area contributed by atoms with E-state index in [1.54, 1.807) is 12.1 Å². The number of rotatable bonds is 4. The van der Waals surface area contributed by atoms with Crippen molar-refractivity contribution in [2.24, 2.45) is 0 Å². The van der Waals surface area contributed by atoms with Crippen LogP contribution in [0.1, 0.15) is 32.3 Å². The molecule has 1 aromatic rings. The second-order valence-corrected chi connectivity index (χ2v) is 5.94. The molecule has 0 bridgehead atoms. The number of benzene rings is 1. The maximum absolute atomic E-state index is 13.1. The van der Waals surface area contributed by atoms with Crippen LogP contribution in [0.5, 0.6) is 0 Å². The first-order chi connectivity index (χ1) is 9.06. The normalized spacial score (nSPS) is 18.2. The molecule has 106 valence electrons. The van der Waals surface area contributed by atoms with E-state index < -0.39 is 0 Å². The zero-order valence-corrected chi connectivity index (χ0v) is 12.4. The second-order valence-electron chi connectivity index (χ2n) is 5.53. The van der Waals surface area contributed by atoms with Crippen molar-refractivity contribution in [3.63, 3.8) is 0 Å². The predicted octanol–water partition coefficient (Wildman–Crippen LogP) is 3.44. The number of halogens is 2. The lowest BCUT2D eigenvalue weighted by atomic mass is 10.0.